The highest BCUT2D eigenvalue weighted by Crippen LogP contribution is 2.08. The van der Waals surface area contributed by atoms with Crippen LogP contribution < -0.4 is 4.98 Å². The van der Waals surface area contributed by atoms with E-state index in [0.29, 0.717) is 0 Å². The molecule has 0 radical (unpaired) electrons. The average Bonchev–Trinajstić information content (AvgIpc) is 1.84. The Morgan fingerprint density at radius 1 is 1.33 bits per heavy atom. The van der Waals surface area contributed by atoms with Crippen molar-refractivity contribution in [2.24, 2.45) is 0 Å². The van der Waals surface area contributed by atoms with Crippen LogP contribution in [0, 0.1) is 0 Å². The van der Waals surface area contributed by atoms with Gasteiger partial charge in [-0.1, -0.05) is 32.9 Å². The Kier molecular flexibility index (Phi) is 4.15. The maximum atomic E-state index is 3.42. The molecule has 0 aromatic heterocycles. The van der Waals surface area contributed by atoms with E-state index >= 15 is 0 Å². The predicted octanol–water partition coefficient (Wildman–Crippen LogP) is 2.21. The molecule has 0 amide bonds. The van der Waals surface area contributed by atoms with Crippen molar-refractivity contribution in [3.05, 3.63) is 0 Å². The molecule has 0 spiro atoms. The fourth-order valence-electron chi connectivity index (χ4n) is 0.744. The molecule has 0 aliphatic rings. The summed E-state index contributed by atoms with van der Waals surface area (Å²) in [5, 5.41) is 0. The van der Waals surface area contributed by atoms with Crippen LogP contribution in [-0.2, 0) is 0 Å². The van der Waals surface area contributed by atoms with Gasteiger partial charge in [-0.25, -0.2) is 0 Å². The molecule has 0 aliphatic carbocycles. The molecule has 0 aliphatic heterocycles. The quantitative estimate of drug-likeness (QED) is 0.598. The molecular formula is C7H19NSi. The summed E-state index contributed by atoms with van der Waals surface area (Å²) >= 11 is 0. The van der Waals surface area contributed by atoms with Crippen LogP contribution >= 0.6 is 0 Å². The minimum absolute atomic E-state index is 0.948. The first kappa shape index (κ1) is 9.18. The van der Waals surface area contributed by atoms with E-state index in [0.717, 1.165) is 0 Å². The molecule has 0 saturated heterocycles. The average molecular weight is 145 g/mol. The predicted molar refractivity (Wildman–Crippen MR) is 46.3 cm³/mol. The second-order valence-electron chi connectivity index (χ2n) is 3.24. The van der Waals surface area contributed by atoms with Crippen molar-refractivity contribution < 1.29 is 0 Å². The Bertz CT molecular complexity index is 71.3. The summed E-state index contributed by atoms with van der Waals surface area (Å²) in [6.07, 6.45) is 2.72. The van der Waals surface area contributed by atoms with Crippen LogP contribution in [0.25, 0.3) is 0 Å². The van der Waals surface area contributed by atoms with Gasteiger partial charge in [0.05, 0.1) is 0 Å². The summed E-state index contributed by atoms with van der Waals surface area (Å²) in [4.78, 5) is 3.42. The van der Waals surface area contributed by atoms with Crippen LogP contribution in [0.1, 0.15) is 19.8 Å². The largest absolute Gasteiger partial charge is 0.340 e. The Morgan fingerprint density at radius 2 is 1.89 bits per heavy atom. The number of unbranched alkanes of at least 4 members (excludes halogenated alkanes) is 1. The van der Waals surface area contributed by atoms with Gasteiger partial charge in [-0.3, -0.25) is 0 Å². The first-order valence-electron chi connectivity index (χ1n) is 3.81. The van der Waals surface area contributed by atoms with Gasteiger partial charge in [-0.05, 0) is 13.1 Å². The molecule has 0 bridgehead atoms. The number of hydrogen-bond acceptors (Lipinski definition) is 1. The molecule has 1 N–H and O–H groups in total. The fourth-order valence-corrected chi connectivity index (χ4v) is 2.23. The van der Waals surface area contributed by atoms with Crippen molar-refractivity contribution in [1.29, 1.82) is 0 Å². The number of nitrogens with one attached hydrogen (secondary N) is 1. The SMILES string of the molecule is CCCC[Si](C)(C)NC. The van der Waals surface area contributed by atoms with E-state index in [1.54, 1.807) is 0 Å². The highest BCUT2D eigenvalue weighted by atomic mass is 28.3. The topological polar surface area (TPSA) is 12.0 Å². The maximum Gasteiger partial charge on any atom is 0.119 e. The van der Waals surface area contributed by atoms with Gasteiger partial charge in [-0.15, -0.1) is 0 Å². The Balaban J connectivity index is 3.33. The van der Waals surface area contributed by atoms with Crippen molar-refractivity contribution in [3.8, 4) is 0 Å². The molecule has 0 fully saturated rings. The van der Waals surface area contributed by atoms with Crippen molar-refractivity contribution >= 4 is 8.24 Å². The lowest BCUT2D eigenvalue weighted by Crippen LogP contribution is -2.41. The van der Waals surface area contributed by atoms with Crippen LogP contribution in [0.2, 0.25) is 19.1 Å². The lowest BCUT2D eigenvalue weighted by molar-refractivity contribution is 0.854. The summed E-state index contributed by atoms with van der Waals surface area (Å²) in [5.74, 6) is 0. The maximum absolute atomic E-state index is 3.42. The van der Waals surface area contributed by atoms with E-state index in [-0.39, 0.29) is 0 Å². The highest BCUT2D eigenvalue weighted by molar-refractivity contribution is 6.74. The zero-order valence-electron chi connectivity index (χ0n) is 7.12. The minimum atomic E-state index is -0.948. The Morgan fingerprint density at radius 3 is 2.22 bits per heavy atom. The van der Waals surface area contributed by atoms with E-state index in [1.165, 1.54) is 18.9 Å². The zero-order valence-corrected chi connectivity index (χ0v) is 8.12. The van der Waals surface area contributed by atoms with Crippen molar-refractivity contribution in [3.63, 3.8) is 0 Å². The van der Waals surface area contributed by atoms with Crippen molar-refractivity contribution in [2.45, 2.75) is 38.9 Å². The number of hydrogen-bond donors (Lipinski definition) is 1. The molecule has 0 saturated carbocycles. The van der Waals surface area contributed by atoms with Gasteiger partial charge in [0.1, 0.15) is 8.24 Å². The van der Waals surface area contributed by atoms with Crippen LogP contribution in [-0.4, -0.2) is 15.3 Å². The standard InChI is InChI=1S/C7H19NSi/c1-5-6-7-9(3,4)8-2/h8H,5-7H2,1-4H3. The molecule has 0 aromatic carbocycles. The molecule has 56 valence electrons. The van der Waals surface area contributed by atoms with Crippen LogP contribution in [0.3, 0.4) is 0 Å². The summed E-state index contributed by atoms with van der Waals surface area (Å²) in [5.41, 5.74) is 0. The molecule has 0 aromatic rings. The van der Waals surface area contributed by atoms with Gasteiger partial charge < -0.3 is 4.98 Å². The zero-order chi connectivity index (χ0) is 7.33. The van der Waals surface area contributed by atoms with Gasteiger partial charge >= 0.3 is 0 Å². The van der Waals surface area contributed by atoms with Crippen LogP contribution in [0.15, 0.2) is 0 Å². The third kappa shape index (κ3) is 4.67. The Labute approximate surface area is 59.9 Å². The van der Waals surface area contributed by atoms with Gasteiger partial charge in [0.25, 0.3) is 0 Å². The molecule has 1 nitrogen and oxygen atoms in total. The van der Waals surface area contributed by atoms with E-state index in [9.17, 15) is 0 Å². The summed E-state index contributed by atoms with van der Waals surface area (Å²) < 4.78 is 0. The molecule has 9 heavy (non-hydrogen) atoms. The van der Waals surface area contributed by atoms with Gasteiger partial charge in [0.2, 0.25) is 0 Å². The fraction of sp³-hybridized carbons (Fsp3) is 1.00. The summed E-state index contributed by atoms with van der Waals surface area (Å²) in [7, 11) is 1.14. The minimum Gasteiger partial charge on any atom is -0.340 e. The molecule has 0 atom stereocenters. The van der Waals surface area contributed by atoms with Crippen molar-refractivity contribution in [2.75, 3.05) is 7.05 Å². The normalized spacial score (nSPS) is 12.0. The van der Waals surface area contributed by atoms with E-state index in [1.807, 2.05) is 0 Å². The lowest BCUT2D eigenvalue weighted by Gasteiger charge is -2.20. The molecule has 2 heteroatoms. The summed E-state index contributed by atoms with van der Waals surface area (Å²) in [6.45, 7) is 7.01. The second-order valence-corrected chi connectivity index (χ2v) is 8.01. The lowest BCUT2D eigenvalue weighted by atomic mass is 10.4. The van der Waals surface area contributed by atoms with Crippen LogP contribution in [0.4, 0.5) is 0 Å². The highest BCUT2D eigenvalue weighted by Gasteiger charge is 2.15. The molecule has 0 rings (SSSR count). The molecule has 0 unspecified atom stereocenters. The van der Waals surface area contributed by atoms with E-state index in [2.05, 4.69) is 32.0 Å². The van der Waals surface area contributed by atoms with Gasteiger partial charge in [0, 0.05) is 0 Å². The first-order valence-corrected chi connectivity index (χ1v) is 7.02. The van der Waals surface area contributed by atoms with E-state index < -0.39 is 8.24 Å². The second kappa shape index (κ2) is 4.07. The number of rotatable bonds is 4. The van der Waals surface area contributed by atoms with Gasteiger partial charge in [-0.2, -0.15) is 0 Å². The smallest absolute Gasteiger partial charge is 0.119 e. The molecular weight excluding hydrogens is 126 g/mol. The van der Waals surface area contributed by atoms with E-state index in [4.69, 9.17) is 0 Å². The monoisotopic (exact) mass is 145 g/mol. The molecule has 0 heterocycles. The van der Waals surface area contributed by atoms with Crippen LogP contribution in [0.5, 0.6) is 0 Å². The van der Waals surface area contributed by atoms with Gasteiger partial charge in [0.15, 0.2) is 0 Å². The summed E-state index contributed by atoms with van der Waals surface area (Å²) in [6, 6.07) is 1.42. The van der Waals surface area contributed by atoms with Crippen molar-refractivity contribution in [1.82, 2.24) is 4.98 Å². The first-order chi connectivity index (χ1) is 4.12. The Hall–Kier alpha value is 0.177. The third-order valence-electron chi connectivity index (χ3n) is 1.83. The third-order valence-corrected chi connectivity index (χ3v) is 4.79.